The molecule has 2 aliphatic heterocycles. The number of phenolic OH excluding ortho intramolecular Hbond substituents is 1. The predicted molar refractivity (Wildman–Crippen MR) is 138 cm³/mol. The first-order valence-corrected chi connectivity index (χ1v) is 12.7. The maximum Gasteiger partial charge on any atom is 0.314 e. The smallest absolute Gasteiger partial charge is 0.314 e. The molecule has 0 radical (unpaired) electrons. The Hall–Kier alpha value is -3.39. The van der Waals surface area contributed by atoms with Gasteiger partial charge in [-0.05, 0) is 73.9 Å². The fraction of sp³-hybridized carbons (Fsp3) is 0.464. The molecule has 36 heavy (non-hydrogen) atoms. The molecule has 2 atom stereocenters. The van der Waals surface area contributed by atoms with Gasteiger partial charge in [0.25, 0.3) is 5.91 Å². The SMILES string of the molecule is CC1(C)CCCNC1c1ccc(O)c(C(=O)c2ccc(C(=O)N[C@H]3CCCN(C(N)=O)CC3)cc2)c1. The number of aromatic hydroxyl groups is 1. The highest BCUT2D eigenvalue weighted by Crippen LogP contribution is 2.41. The van der Waals surface area contributed by atoms with Crippen molar-refractivity contribution in [3.8, 4) is 5.75 Å². The zero-order valence-corrected chi connectivity index (χ0v) is 21.0. The molecule has 2 aromatic carbocycles. The summed E-state index contributed by atoms with van der Waals surface area (Å²) in [7, 11) is 0. The normalized spacial score (nSPS) is 21.9. The van der Waals surface area contributed by atoms with Crippen molar-refractivity contribution in [2.45, 2.75) is 58.0 Å². The van der Waals surface area contributed by atoms with Crippen LogP contribution in [0.3, 0.4) is 0 Å². The molecule has 2 fully saturated rings. The van der Waals surface area contributed by atoms with Crippen molar-refractivity contribution >= 4 is 17.7 Å². The Morgan fingerprint density at radius 2 is 1.75 bits per heavy atom. The lowest BCUT2D eigenvalue weighted by Gasteiger charge is -2.40. The van der Waals surface area contributed by atoms with Gasteiger partial charge >= 0.3 is 6.03 Å². The average Bonchev–Trinajstić information content (AvgIpc) is 3.10. The minimum Gasteiger partial charge on any atom is -0.507 e. The van der Waals surface area contributed by atoms with Crippen molar-refractivity contribution < 1.29 is 19.5 Å². The molecular weight excluding hydrogens is 456 g/mol. The van der Waals surface area contributed by atoms with E-state index in [9.17, 15) is 19.5 Å². The molecular formula is C28H36N4O4. The molecule has 192 valence electrons. The van der Waals surface area contributed by atoms with Crippen molar-refractivity contribution in [2.75, 3.05) is 19.6 Å². The first-order chi connectivity index (χ1) is 17.2. The number of likely N-dealkylation sites (tertiary alicyclic amines) is 1. The van der Waals surface area contributed by atoms with Crippen LogP contribution in [-0.2, 0) is 0 Å². The van der Waals surface area contributed by atoms with E-state index in [0.717, 1.165) is 37.8 Å². The number of amides is 3. The quantitative estimate of drug-likeness (QED) is 0.473. The Balaban J connectivity index is 1.45. The Morgan fingerprint density at radius 1 is 1.03 bits per heavy atom. The van der Waals surface area contributed by atoms with Crippen LogP contribution < -0.4 is 16.4 Å². The molecule has 0 saturated carbocycles. The van der Waals surface area contributed by atoms with Crippen LogP contribution in [0.5, 0.6) is 5.75 Å². The highest BCUT2D eigenvalue weighted by Gasteiger charge is 2.33. The second-order valence-electron chi connectivity index (χ2n) is 10.6. The van der Waals surface area contributed by atoms with Crippen LogP contribution in [0.25, 0.3) is 0 Å². The van der Waals surface area contributed by atoms with Gasteiger partial charge in [-0.25, -0.2) is 4.79 Å². The van der Waals surface area contributed by atoms with Gasteiger partial charge in [-0.1, -0.05) is 32.0 Å². The molecule has 0 aliphatic carbocycles. The van der Waals surface area contributed by atoms with Crippen molar-refractivity contribution in [1.82, 2.24) is 15.5 Å². The Labute approximate surface area is 212 Å². The Kier molecular flexibility index (Phi) is 7.64. The van der Waals surface area contributed by atoms with Crippen LogP contribution in [-0.4, -0.2) is 53.4 Å². The third kappa shape index (κ3) is 5.70. The zero-order chi connectivity index (χ0) is 25.9. The summed E-state index contributed by atoms with van der Waals surface area (Å²) >= 11 is 0. The number of phenols is 1. The summed E-state index contributed by atoms with van der Waals surface area (Å²) in [5.74, 6) is -0.565. The average molecular weight is 493 g/mol. The van der Waals surface area contributed by atoms with E-state index in [4.69, 9.17) is 5.73 Å². The minimum absolute atomic E-state index is 0.0412. The van der Waals surface area contributed by atoms with Crippen LogP contribution >= 0.6 is 0 Å². The van der Waals surface area contributed by atoms with Gasteiger partial charge in [-0.3, -0.25) is 9.59 Å². The van der Waals surface area contributed by atoms with E-state index in [-0.39, 0.29) is 40.5 Å². The highest BCUT2D eigenvalue weighted by molar-refractivity contribution is 6.11. The number of primary amides is 1. The summed E-state index contributed by atoms with van der Waals surface area (Å²) in [6, 6.07) is 11.4. The second-order valence-corrected chi connectivity index (χ2v) is 10.6. The number of urea groups is 1. The lowest BCUT2D eigenvalue weighted by molar-refractivity contribution is 0.0932. The first-order valence-electron chi connectivity index (χ1n) is 12.7. The molecule has 3 amide bonds. The topological polar surface area (TPSA) is 125 Å². The Bertz CT molecular complexity index is 1130. The van der Waals surface area contributed by atoms with Crippen molar-refractivity contribution in [1.29, 1.82) is 0 Å². The molecule has 8 nitrogen and oxygen atoms in total. The predicted octanol–water partition coefficient (Wildman–Crippen LogP) is 3.74. The number of hydrogen-bond donors (Lipinski definition) is 4. The van der Waals surface area contributed by atoms with Crippen molar-refractivity contribution in [3.05, 3.63) is 64.7 Å². The fourth-order valence-corrected chi connectivity index (χ4v) is 5.35. The largest absolute Gasteiger partial charge is 0.507 e. The molecule has 2 aliphatic rings. The molecule has 2 heterocycles. The molecule has 5 N–H and O–H groups in total. The third-order valence-electron chi connectivity index (χ3n) is 7.51. The second kappa shape index (κ2) is 10.7. The summed E-state index contributed by atoms with van der Waals surface area (Å²) in [5, 5.41) is 17.0. The summed E-state index contributed by atoms with van der Waals surface area (Å²) in [4.78, 5) is 39.0. The van der Waals surface area contributed by atoms with Crippen LogP contribution in [0.4, 0.5) is 4.79 Å². The van der Waals surface area contributed by atoms with E-state index in [1.54, 1.807) is 41.3 Å². The molecule has 0 bridgehead atoms. The van der Waals surface area contributed by atoms with E-state index in [0.29, 0.717) is 30.6 Å². The number of rotatable bonds is 5. The van der Waals surface area contributed by atoms with E-state index in [2.05, 4.69) is 24.5 Å². The summed E-state index contributed by atoms with van der Waals surface area (Å²) < 4.78 is 0. The number of nitrogens with two attached hydrogens (primary N) is 1. The lowest BCUT2D eigenvalue weighted by atomic mass is 9.74. The number of piperidine rings is 1. The van der Waals surface area contributed by atoms with E-state index < -0.39 is 6.03 Å². The number of carbonyl (C=O) groups excluding carboxylic acids is 3. The number of nitrogens with zero attached hydrogens (tertiary/aromatic N) is 1. The fourth-order valence-electron chi connectivity index (χ4n) is 5.35. The van der Waals surface area contributed by atoms with Gasteiger partial charge in [0.2, 0.25) is 0 Å². The molecule has 0 spiro atoms. The number of hydrogen-bond acceptors (Lipinski definition) is 5. The summed E-state index contributed by atoms with van der Waals surface area (Å²) in [6.07, 6.45) is 4.39. The van der Waals surface area contributed by atoms with Gasteiger partial charge in [0, 0.05) is 36.3 Å². The minimum atomic E-state index is -0.433. The van der Waals surface area contributed by atoms with Crippen LogP contribution in [0, 0.1) is 5.41 Å². The number of nitrogens with one attached hydrogen (secondary N) is 2. The molecule has 4 rings (SSSR count). The van der Waals surface area contributed by atoms with Crippen LogP contribution in [0.15, 0.2) is 42.5 Å². The lowest BCUT2D eigenvalue weighted by Crippen LogP contribution is -2.39. The monoisotopic (exact) mass is 492 g/mol. The summed E-state index contributed by atoms with van der Waals surface area (Å²) in [6.45, 7) is 6.46. The van der Waals surface area contributed by atoms with Gasteiger partial charge < -0.3 is 26.4 Å². The van der Waals surface area contributed by atoms with E-state index in [1.807, 2.05) is 6.07 Å². The van der Waals surface area contributed by atoms with Crippen molar-refractivity contribution in [3.63, 3.8) is 0 Å². The molecule has 0 aromatic heterocycles. The van der Waals surface area contributed by atoms with Crippen LogP contribution in [0.1, 0.15) is 83.8 Å². The van der Waals surface area contributed by atoms with Gasteiger partial charge in [0.1, 0.15) is 5.75 Å². The first kappa shape index (κ1) is 25.7. The highest BCUT2D eigenvalue weighted by atomic mass is 16.3. The molecule has 2 saturated heterocycles. The number of carbonyl (C=O) groups is 3. The summed E-state index contributed by atoms with van der Waals surface area (Å²) in [5.41, 5.74) is 7.51. The maximum atomic E-state index is 13.3. The maximum absolute atomic E-state index is 13.3. The van der Waals surface area contributed by atoms with Gasteiger partial charge in [-0.2, -0.15) is 0 Å². The Morgan fingerprint density at radius 3 is 2.44 bits per heavy atom. The van der Waals surface area contributed by atoms with Crippen molar-refractivity contribution in [2.24, 2.45) is 11.1 Å². The number of ketones is 1. The van der Waals surface area contributed by atoms with Gasteiger partial charge in [0.15, 0.2) is 5.78 Å². The van der Waals surface area contributed by atoms with Crippen LogP contribution in [0.2, 0.25) is 0 Å². The van der Waals surface area contributed by atoms with Gasteiger partial charge in [0.05, 0.1) is 5.56 Å². The standard InChI is InChI=1S/C28H36N4O4/c1-28(2)13-4-14-30-25(28)20-10-11-23(33)22(17-20)24(34)18-6-8-19(9-7-18)26(35)31-21-5-3-15-32(16-12-21)27(29)36/h6-11,17,21,25,30,33H,3-5,12-16H2,1-2H3,(H2,29,36)(H,31,35)/t21-,25?/m0/s1. The molecule has 8 heteroatoms. The van der Waals surface area contributed by atoms with Gasteiger partial charge in [-0.15, -0.1) is 0 Å². The number of benzene rings is 2. The van der Waals surface area contributed by atoms with E-state index >= 15 is 0 Å². The zero-order valence-electron chi connectivity index (χ0n) is 21.0. The van der Waals surface area contributed by atoms with E-state index in [1.165, 1.54) is 0 Å². The molecule has 2 aromatic rings. The third-order valence-corrected chi connectivity index (χ3v) is 7.51. The molecule has 1 unspecified atom stereocenters.